The first-order valence-electron chi connectivity index (χ1n) is 8.59. The molecule has 1 unspecified atom stereocenters. The Bertz CT molecular complexity index is 774. The minimum Gasteiger partial charge on any atom is -0.355 e. The molecule has 0 spiro atoms. The summed E-state index contributed by atoms with van der Waals surface area (Å²) >= 11 is 0. The van der Waals surface area contributed by atoms with Crippen molar-refractivity contribution in [3.63, 3.8) is 0 Å². The van der Waals surface area contributed by atoms with Crippen LogP contribution in [0.5, 0.6) is 0 Å². The molecule has 0 saturated carbocycles. The van der Waals surface area contributed by atoms with Gasteiger partial charge in [0.05, 0.1) is 24.4 Å². The average Bonchev–Trinajstić information content (AvgIpc) is 3.14. The fraction of sp³-hybridized carbons (Fsp3) is 0.625. The molecule has 2 aromatic rings. The van der Waals surface area contributed by atoms with Crippen LogP contribution in [-0.4, -0.2) is 62.0 Å². The van der Waals surface area contributed by atoms with Crippen molar-refractivity contribution >= 4 is 17.4 Å². The van der Waals surface area contributed by atoms with E-state index >= 15 is 0 Å². The third kappa shape index (κ3) is 3.52. The molecule has 25 heavy (non-hydrogen) atoms. The number of nitrogens with zero attached hydrogens (tertiary/aromatic N) is 8. The number of nitriles is 1. The minimum atomic E-state index is -0.146. The van der Waals surface area contributed by atoms with Gasteiger partial charge in [-0.3, -0.25) is 9.78 Å². The van der Waals surface area contributed by atoms with Gasteiger partial charge in [0.25, 0.3) is 0 Å². The SMILES string of the molecule is CCN(CC(C)C#N)C(=O)C1CCN(c2cncc3nnnn23)CC1. The monoisotopic (exact) mass is 342 g/mol. The average molecular weight is 342 g/mol. The number of piperidine rings is 1. The maximum Gasteiger partial charge on any atom is 0.225 e. The lowest BCUT2D eigenvalue weighted by Gasteiger charge is -2.35. The van der Waals surface area contributed by atoms with E-state index in [0.29, 0.717) is 18.7 Å². The van der Waals surface area contributed by atoms with Crippen LogP contribution in [0.1, 0.15) is 26.7 Å². The molecule has 0 bridgehead atoms. The zero-order valence-electron chi connectivity index (χ0n) is 14.5. The summed E-state index contributed by atoms with van der Waals surface area (Å²) in [6.45, 7) is 6.45. The first-order chi connectivity index (χ1) is 12.1. The fourth-order valence-electron chi connectivity index (χ4n) is 3.24. The second-order valence-corrected chi connectivity index (χ2v) is 6.38. The van der Waals surface area contributed by atoms with Crippen molar-refractivity contribution in [1.29, 1.82) is 5.26 Å². The highest BCUT2D eigenvalue weighted by Gasteiger charge is 2.29. The Morgan fingerprint density at radius 3 is 2.88 bits per heavy atom. The number of amides is 1. The molecule has 1 amide bonds. The van der Waals surface area contributed by atoms with Gasteiger partial charge < -0.3 is 9.80 Å². The van der Waals surface area contributed by atoms with Crippen LogP contribution >= 0.6 is 0 Å². The number of rotatable bonds is 5. The summed E-state index contributed by atoms with van der Waals surface area (Å²) in [4.78, 5) is 20.9. The van der Waals surface area contributed by atoms with Crippen molar-refractivity contribution in [3.05, 3.63) is 12.4 Å². The summed E-state index contributed by atoms with van der Waals surface area (Å²) in [5.74, 6) is 0.859. The Hall–Kier alpha value is -2.76. The van der Waals surface area contributed by atoms with Gasteiger partial charge in [0.2, 0.25) is 5.91 Å². The molecule has 1 saturated heterocycles. The summed E-state index contributed by atoms with van der Waals surface area (Å²) in [5, 5.41) is 20.6. The lowest BCUT2D eigenvalue weighted by Crippen LogP contribution is -2.44. The van der Waals surface area contributed by atoms with E-state index in [2.05, 4.69) is 31.5 Å². The molecule has 0 aromatic carbocycles. The normalized spacial score (nSPS) is 16.6. The van der Waals surface area contributed by atoms with Gasteiger partial charge in [-0.1, -0.05) is 0 Å². The van der Waals surface area contributed by atoms with Crippen molar-refractivity contribution in [2.45, 2.75) is 26.7 Å². The van der Waals surface area contributed by atoms with Crippen LogP contribution in [0.3, 0.4) is 0 Å². The maximum atomic E-state index is 12.7. The van der Waals surface area contributed by atoms with Crippen LogP contribution in [-0.2, 0) is 4.79 Å². The fourth-order valence-corrected chi connectivity index (χ4v) is 3.24. The molecule has 2 aromatic heterocycles. The molecular weight excluding hydrogens is 320 g/mol. The number of carbonyl (C=O) groups excluding carboxylic acids is 1. The van der Waals surface area contributed by atoms with Crippen molar-refractivity contribution in [2.75, 3.05) is 31.1 Å². The quantitative estimate of drug-likeness (QED) is 0.789. The highest BCUT2D eigenvalue weighted by Crippen LogP contribution is 2.24. The van der Waals surface area contributed by atoms with E-state index in [1.54, 1.807) is 21.8 Å². The largest absolute Gasteiger partial charge is 0.355 e. The van der Waals surface area contributed by atoms with Gasteiger partial charge in [0.1, 0.15) is 0 Å². The van der Waals surface area contributed by atoms with Gasteiger partial charge in [-0.05, 0) is 37.1 Å². The van der Waals surface area contributed by atoms with E-state index in [9.17, 15) is 4.79 Å². The third-order valence-electron chi connectivity index (χ3n) is 4.67. The van der Waals surface area contributed by atoms with Gasteiger partial charge in [0, 0.05) is 32.1 Å². The summed E-state index contributed by atoms with van der Waals surface area (Å²) < 4.78 is 1.67. The molecule has 1 fully saturated rings. The summed E-state index contributed by atoms with van der Waals surface area (Å²) in [7, 11) is 0. The number of fused-ring (bicyclic) bond motifs is 1. The Morgan fingerprint density at radius 2 is 2.20 bits per heavy atom. The smallest absolute Gasteiger partial charge is 0.225 e. The van der Waals surface area contributed by atoms with Gasteiger partial charge in [-0.15, -0.1) is 5.10 Å². The molecular formula is C16H22N8O. The minimum absolute atomic E-state index is 0.00289. The van der Waals surface area contributed by atoms with E-state index < -0.39 is 0 Å². The number of hydrogen-bond donors (Lipinski definition) is 0. The molecule has 0 radical (unpaired) electrons. The molecule has 1 aliphatic rings. The lowest BCUT2D eigenvalue weighted by molar-refractivity contribution is -0.136. The maximum absolute atomic E-state index is 12.7. The number of aromatic nitrogens is 5. The highest BCUT2D eigenvalue weighted by atomic mass is 16.2. The zero-order chi connectivity index (χ0) is 17.8. The number of hydrogen-bond acceptors (Lipinski definition) is 7. The molecule has 3 rings (SSSR count). The number of anilines is 1. The number of carbonyl (C=O) groups is 1. The summed E-state index contributed by atoms with van der Waals surface area (Å²) in [6, 6.07) is 2.20. The first-order valence-corrected chi connectivity index (χ1v) is 8.59. The van der Waals surface area contributed by atoms with E-state index in [-0.39, 0.29) is 17.7 Å². The van der Waals surface area contributed by atoms with Crippen LogP contribution in [0.2, 0.25) is 0 Å². The standard InChI is InChI=1S/C16H22N8O/c1-3-22(11-12(2)8-17)16(25)13-4-6-23(7-5-13)15-10-18-9-14-19-20-21-24(14)15/h9-10,12-13H,3-7,11H2,1-2H3. The topological polar surface area (TPSA) is 103 Å². The van der Waals surface area contributed by atoms with E-state index in [0.717, 1.165) is 31.7 Å². The van der Waals surface area contributed by atoms with Crippen LogP contribution in [0, 0.1) is 23.2 Å². The predicted molar refractivity (Wildman–Crippen MR) is 90.5 cm³/mol. The van der Waals surface area contributed by atoms with E-state index in [4.69, 9.17) is 5.26 Å². The Labute approximate surface area is 146 Å². The second-order valence-electron chi connectivity index (χ2n) is 6.38. The Balaban J connectivity index is 1.64. The van der Waals surface area contributed by atoms with Gasteiger partial charge in [-0.25, -0.2) is 0 Å². The van der Waals surface area contributed by atoms with Crippen molar-refractivity contribution in [2.24, 2.45) is 11.8 Å². The van der Waals surface area contributed by atoms with Crippen LogP contribution in [0.15, 0.2) is 12.4 Å². The van der Waals surface area contributed by atoms with Crippen LogP contribution in [0.25, 0.3) is 5.65 Å². The molecule has 132 valence electrons. The van der Waals surface area contributed by atoms with Gasteiger partial charge in [-0.2, -0.15) is 9.78 Å². The van der Waals surface area contributed by atoms with E-state index in [1.807, 2.05) is 13.8 Å². The van der Waals surface area contributed by atoms with Crippen LogP contribution in [0.4, 0.5) is 5.82 Å². The summed E-state index contributed by atoms with van der Waals surface area (Å²) in [6.07, 6.45) is 4.91. The third-order valence-corrected chi connectivity index (χ3v) is 4.67. The summed E-state index contributed by atoms with van der Waals surface area (Å²) in [5.41, 5.74) is 0.610. The van der Waals surface area contributed by atoms with Gasteiger partial charge in [0.15, 0.2) is 11.5 Å². The first kappa shape index (κ1) is 17.1. The molecule has 0 N–H and O–H groups in total. The lowest BCUT2D eigenvalue weighted by atomic mass is 9.95. The molecule has 0 aliphatic carbocycles. The molecule has 9 heteroatoms. The van der Waals surface area contributed by atoms with Crippen LogP contribution < -0.4 is 4.90 Å². The molecule has 3 heterocycles. The Morgan fingerprint density at radius 1 is 1.44 bits per heavy atom. The van der Waals surface area contributed by atoms with Crippen molar-refractivity contribution in [3.8, 4) is 6.07 Å². The van der Waals surface area contributed by atoms with Gasteiger partial charge >= 0.3 is 0 Å². The Kier molecular flexibility index (Phi) is 5.07. The van der Waals surface area contributed by atoms with Crippen molar-refractivity contribution < 1.29 is 4.79 Å². The zero-order valence-corrected chi connectivity index (χ0v) is 14.5. The van der Waals surface area contributed by atoms with Crippen molar-refractivity contribution in [1.82, 2.24) is 29.9 Å². The highest BCUT2D eigenvalue weighted by molar-refractivity contribution is 5.79. The second kappa shape index (κ2) is 7.42. The predicted octanol–water partition coefficient (Wildman–Crippen LogP) is 0.744. The van der Waals surface area contributed by atoms with E-state index in [1.165, 1.54) is 0 Å². The molecule has 1 aliphatic heterocycles. The molecule has 9 nitrogen and oxygen atoms in total. The number of tetrazole rings is 1. The molecule has 1 atom stereocenters.